The molecule has 0 saturated carbocycles. The topological polar surface area (TPSA) is 22.1 Å². The van der Waals surface area contributed by atoms with Crippen LogP contribution < -0.4 is 5.46 Å². The summed E-state index contributed by atoms with van der Waals surface area (Å²) in [5, 5.41) is 0. The highest BCUT2D eigenvalue weighted by molar-refractivity contribution is 14.1. The average Bonchev–Trinajstić information content (AvgIpc) is 2.26. The van der Waals surface area contributed by atoms with Gasteiger partial charge in [-0.05, 0) is 59.4 Å². The Kier molecular flexibility index (Phi) is 5.37. The van der Waals surface area contributed by atoms with Crippen molar-refractivity contribution in [1.82, 2.24) is 4.98 Å². The number of hydrogen-bond donors (Lipinski definition) is 0. The monoisotopic (exact) mass is 348 g/mol. The number of nitrogens with zero attached hydrogens (tertiary/aromatic N) is 1. The van der Waals surface area contributed by atoms with Crippen molar-refractivity contribution < 1.29 is 9.04 Å². The van der Waals surface area contributed by atoms with Gasteiger partial charge < -0.3 is 4.65 Å². The largest absolute Gasteiger partial charge is 0.429 e. The van der Waals surface area contributed by atoms with Crippen LogP contribution in [-0.4, -0.2) is 18.1 Å². The molecule has 17 heavy (non-hydrogen) atoms. The molecule has 1 rings (SSSR count). The molecule has 93 valence electrons. The normalized spacial score (nSPS) is 13.8. The van der Waals surface area contributed by atoms with Gasteiger partial charge in [0.05, 0.1) is 0 Å². The predicted octanol–water partition coefficient (Wildman–Crippen LogP) is 3.18. The molecule has 5 heteroatoms. The van der Waals surface area contributed by atoms with E-state index in [1.807, 2.05) is 13.8 Å². The van der Waals surface area contributed by atoms with E-state index in [1.165, 1.54) is 0 Å². The van der Waals surface area contributed by atoms with Gasteiger partial charge in [0.2, 0.25) is 0 Å². The zero-order valence-corrected chi connectivity index (χ0v) is 12.7. The Morgan fingerprint density at radius 1 is 1.47 bits per heavy atom. The van der Waals surface area contributed by atoms with Gasteiger partial charge in [-0.1, -0.05) is 13.8 Å². The number of aromatic nitrogens is 1. The summed E-state index contributed by atoms with van der Waals surface area (Å²) >= 11 is 1.74. The second-order valence-electron chi connectivity index (χ2n) is 4.80. The third-order valence-electron chi connectivity index (χ3n) is 3.00. The SMILES string of the molecule is CC(C)C(C)(C)O[B]c1cnccc1C(F)I. The van der Waals surface area contributed by atoms with Crippen molar-refractivity contribution in [1.29, 1.82) is 0 Å². The smallest absolute Gasteiger partial charge is 0.332 e. The van der Waals surface area contributed by atoms with Gasteiger partial charge in [0.1, 0.15) is 0 Å². The van der Waals surface area contributed by atoms with E-state index >= 15 is 0 Å². The Labute approximate surface area is 117 Å². The third kappa shape index (κ3) is 4.21. The van der Waals surface area contributed by atoms with Crippen molar-refractivity contribution in [3.8, 4) is 0 Å². The molecule has 0 saturated heterocycles. The van der Waals surface area contributed by atoms with E-state index in [4.69, 9.17) is 4.65 Å². The summed E-state index contributed by atoms with van der Waals surface area (Å²) in [6.45, 7) is 8.21. The lowest BCUT2D eigenvalue weighted by Gasteiger charge is -2.30. The molecule has 0 amide bonds. The van der Waals surface area contributed by atoms with Crippen LogP contribution in [0.2, 0.25) is 0 Å². The van der Waals surface area contributed by atoms with Crippen LogP contribution in [0, 0.1) is 5.92 Å². The Morgan fingerprint density at radius 3 is 2.65 bits per heavy atom. The molecular formula is C12H17BFINO. The highest BCUT2D eigenvalue weighted by Crippen LogP contribution is 2.23. The van der Waals surface area contributed by atoms with Crippen LogP contribution in [0.5, 0.6) is 0 Å². The standard InChI is InChI=1S/C12H17BFINO/c1-8(2)12(3,4)17-13-10-7-16-6-5-9(10)11(14)15/h5-8,11H,1-4H3. The maximum atomic E-state index is 13.4. The summed E-state index contributed by atoms with van der Waals surface area (Å²) in [7, 11) is 1.60. The van der Waals surface area contributed by atoms with E-state index in [0.29, 0.717) is 16.9 Å². The molecule has 0 spiro atoms. The third-order valence-corrected chi connectivity index (χ3v) is 3.67. The Balaban J connectivity index is 2.76. The number of hydrogen-bond acceptors (Lipinski definition) is 2. The summed E-state index contributed by atoms with van der Waals surface area (Å²) in [4.78, 5) is 3.99. The minimum absolute atomic E-state index is 0.274. The maximum absolute atomic E-state index is 13.4. The van der Waals surface area contributed by atoms with Crippen molar-refractivity contribution in [3.63, 3.8) is 0 Å². The Morgan fingerprint density at radius 2 is 2.12 bits per heavy atom. The number of halogens is 2. The summed E-state index contributed by atoms with van der Waals surface area (Å²) < 4.78 is 18.0. The number of pyridine rings is 1. The number of alkyl halides is 2. The molecule has 1 aromatic heterocycles. The first-order chi connectivity index (χ1) is 7.84. The molecule has 1 radical (unpaired) electrons. The highest BCUT2D eigenvalue weighted by atomic mass is 127. The zero-order chi connectivity index (χ0) is 13.1. The molecule has 1 atom stereocenters. The maximum Gasteiger partial charge on any atom is 0.332 e. The lowest BCUT2D eigenvalue weighted by molar-refractivity contribution is 0.0667. The first-order valence-electron chi connectivity index (χ1n) is 5.57. The molecule has 0 aliphatic carbocycles. The van der Waals surface area contributed by atoms with Gasteiger partial charge in [-0.25, -0.2) is 4.39 Å². The molecule has 0 aliphatic rings. The van der Waals surface area contributed by atoms with Gasteiger partial charge in [-0.2, -0.15) is 0 Å². The highest BCUT2D eigenvalue weighted by Gasteiger charge is 2.24. The lowest BCUT2D eigenvalue weighted by atomic mass is 9.83. The molecule has 1 aromatic rings. The van der Waals surface area contributed by atoms with Crippen LogP contribution in [0.1, 0.15) is 37.4 Å². The van der Waals surface area contributed by atoms with Gasteiger partial charge >= 0.3 is 7.48 Å². The van der Waals surface area contributed by atoms with Crippen molar-refractivity contribution in [2.75, 3.05) is 0 Å². The molecule has 0 N–H and O–H groups in total. The van der Waals surface area contributed by atoms with E-state index in [2.05, 4.69) is 18.8 Å². The predicted molar refractivity (Wildman–Crippen MR) is 77.5 cm³/mol. The summed E-state index contributed by atoms with van der Waals surface area (Å²) in [5.74, 6) is 0.375. The van der Waals surface area contributed by atoms with E-state index in [0.717, 1.165) is 0 Å². The second kappa shape index (κ2) is 6.13. The van der Waals surface area contributed by atoms with Crippen LogP contribution in [0.15, 0.2) is 18.5 Å². The van der Waals surface area contributed by atoms with Crippen LogP contribution in [0.25, 0.3) is 0 Å². The second-order valence-corrected chi connectivity index (χ2v) is 5.89. The minimum atomic E-state index is -1.05. The molecule has 0 bridgehead atoms. The molecule has 0 fully saturated rings. The first kappa shape index (κ1) is 14.9. The zero-order valence-electron chi connectivity index (χ0n) is 10.6. The van der Waals surface area contributed by atoms with E-state index in [-0.39, 0.29) is 5.60 Å². The van der Waals surface area contributed by atoms with Gasteiger partial charge in [0.25, 0.3) is 0 Å². The van der Waals surface area contributed by atoms with Crippen LogP contribution >= 0.6 is 22.6 Å². The Hall–Kier alpha value is -0.165. The summed E-state index contributed by atoms with van der Waals surface area (Å²) in [5.41, 5.74) is 1.02. The quantitative estimate of drug-likeness (QED) is 0.463. The minimum Gasteiger partial charge on any atom is -0.429 e. The van der Waals surface area contributed by atoms with E-state index in [9.17, 15) is 4.39 Å². The number of rotatable bonds is 5. The molecular weight excluding hydrogens is 331 g/mol. The van der Waals surface area contributed by atoms with Crippen molar-refractivity contribution in [2.24, 2.45) is 5.92 Å². The first-order valence-corrected chi connectivity index (χ1v) is 6.82. The van der Waals surface area contributed by atoms with Gasteiger partial charge in [0, 0.05) is 18.0 Å². The van der Waals surface area contributed by atoms with Crippen LogP contribution in [-0.2, 0) is 4.65 Å². The molecule has 2 nitrogen and oxygen atoms in total. The summed E-state index contributed by atoms with van der Waals surface area (Å²) in [6.07, 6.45) is 3.21. The van der Waals surface area contributed by atoms with Crippen LogP contribution in [0.3, 0.4) is 0 Å². The molecule has 0 aliphatic heterocycles. The fraction of sp³-hybridized carbons (Fsp3) is 0.583. The van der Waals surface area contributed by atoms with Crippen molar-refractivity contribution >= 4 is 35.5 Å². The van der Waals surface area contributed by atoms with E-state index in [1.54, 1.807) is 48.5 Å². The molecule has 1 unspecified atom stereocenters. The van der Waals surface area contributed by atoms with Crippen molar-refractivity contribution in [2.45, 2.75) is 37.5 Å². The molecule has 0 aromatic carbocycles. The van der Waals surface area contributed by atoms with Gasteiger partial charge in [-0.15, -0.1) is 0 Å². The van der Waals surface area contributed by atoms with Crippen LogP contribution in [0.4, 0.5) is 4.39 Å². The van der Waals surface area contributed by atoms with Crippen molar-refractivity contribution in [3.05, 3.63) is 24.0 Å². The summed E-state index contributed by atoms with van der Waals surface area (Å²) in [6, 6.07) is 1.68. The average molecular weight is 348 g/mol. The lowest BCUT2D eigenvalue weighted by Crippen LogP contribution is -2.37. The van der Waals surface area contributed by atoms with Gasteiger partial charge in [-0.3, -0.25) is 4.98 Å². The molecule has 1 heterocycles. The fourth-order valence-electron chi connectivity index (χ4n) is 1.07. The van der Waals surface area contributed by atoms with E-state index < -0.39 is 4.18 Å². The Bertz CT molecular complexity index is 371. The fourth-order valence-corrected chi connectivity index (χ4v) is 1.63. The van der Waals surface area contributed by atoms with Gasteiger partial charge in [0.15, 0.2) is 4.18 Å².